The number of hydrogen-bond acceptors (Lipinski definition) is 16. The van der Waals surface area contributed by atoms with Crippen LogP contribution in [0.1, 0.15) is 94.6 Å². The number of anilines is 2. The summed E-state index contributed by atoms with van der Waals surface area (Å²) in [6.45, 7) is 8.76. The van der Waals surface area contributed by atoms with Crippen LogP contribution in [0.5, 0.6) is 23.5 Å². The third-order valence-electron chi connectivity index (χ3n) is 19.7. The Bertz CT molecular complexity index is 3780. The number of piperidine rings is 1. The normalized spacial score (nSPS) is 20.8. The molecule has 2 amide bonds. The van der Waals surface area contributed by atoms with Crippen LogP contribution in [-0.2, 0) is 16.0 Å². The maximum absolute atomic E-state index is 16.6. The van der Waals surface area contributed by atoms with E-state index in [1.807, 2.05) is 35.2 Å². The summed E-state index contributed by atoms with van der Waals surface area (Å²) in [6, 6.07) is 14.3. The number of nitrogens with one attached hydrogen (secondary N) is 1. The Hall–Kier alpha value is -7.84. The highest BCUT2D eigenvalue weighted by Crippen LogP contribution is 2.45. The molecule has 0 radical (unpaired) electrons. The minimum atomic E-state index is -0.601. The number of likely N-dealkylation sites (N-methyl/N-ethyl adjacent to an activating group) is 1. The van der Waals surface area contributed by atoms with E-state index in [1.165, 1.54) is 6.07 Å². The number of allylic oxidation sites excluding steroid dienone is 1. The Kier molecular flexibility index (Phi) is 14.0. The molecule has 7 aromatic rings. The van der Waals surface area contributed by atoms with Crippen LogP contribution in [0.4, 0.5) is 20.4 Å². The van der Waals surface area contributed by atoms with Crippen molar-refractivity contribution in [3.05, 3.63) is 89.8 Å². The molecule has 1 aliphatic carbocycles. The molecule has 436 valence electrons. The van der Waals surface area contributed by atoms with Crippen molar-refractivity contribution in [2.24, 2.45) is 5.41 Å². The number of phenols is 2. The summed E-state index contributed by atoms with van der Waals surface area (Å²) >= 11 is 0. The summed E-state index contributed by atoms with van der Waals surface area (Å²) in [5.74, 6) is 0.276. The number of aromatic hydroxyl groups is 2. The van der Waals surface area contributed by atoms with Gasteiger partial charge in [-0.15, -0.1) is 0 Å². The maximum atomic E-state index is 16.6. The van der Waals surface area contributed by atoms with E-state index in [9.17, 15) is 19.8 Å². The van der Waals surface area contributed by atoms with E-state index in [2.05, 4.69) is 46.0 Å². The van der Waals surface area contributed by atoms with Crippen molar-refractivity contribution in [3.8, 4) is 46.0 Å². The number of hydrogen-bond donors (Lipinski definition) is 3. The molecule has 0 saturated carbocycles. The van der Waals surface area contributed by atoms with E-state index in [-0.39, 0.29) is 74.2 Å². The zero-order valence-electron chi connectivity index (χ0n) is 47.5. The minimum Gasteiger partial charge on any atom is -0.508 e. The molecule has 0 atom stereocenters. The highest BCUT2D eigenvalue weighted by molar-refractivity contribution is 6.00. The number of nitrogens with zero attached hydrogens (tertiary/aromatic N) is 11. The van der Waals surface area contributed by atoms with Gasteiger partial charge in [-0.1, -0.05) is 36.4 Å². The average Bonchev–Trinajstić information content (AvgIpc) is 3.70. The monoisotopic (exact) mass is 1140 g/mol. The van der Waals surface area contributed by atoms with Gasteiger partial charge in [-0.2, -0.15) is 19.9 Å². The number of aryl methyl sites for hydroxylation is 1. The van der Waals surface area contributed by atoms with E-state index >= 15 is 8.78 Å². The number of ether oxygens (including phenoxy) is 2. The van der Waals surface area contributed by atoms with Gasteiger partial charge in [-0.3, -0.25) is 29.4 Å². The predicted octanol–water partition coefficient (Wildman–Crippen LogP) is 8.98. The first-order chi connectivity index (χ1) is 40.9. The van der Waals surface area contributed by atoms with Gasteiger partial charge >= 0.3 is 12.0 Å². The smallest absolute Gasteiger partial charge is 0.319 e. The summed E-state index contributed by atoms with van der Waals surface area (Å²) in [6.07, 6.45) is 20.5. The Morgan fingerprint density at radius 3 is 1.80 bits per heavy atom. The largest absolute Gasteiger partial charge is 0.508 e. The van der Waals surface area contributed by atoms with Gasteiger partial charge in [-0.25, -0.2) is 8.78 Å². The van der Waals surface area contributed by atoms with Crippen molar-refractivity contribution >= 4 is 62.1 Å². The molecule has 84 heavy (non-hydrogen) atoms. The fourth-order valence-electron chi connectivity index (χ4n) is 15.1. The molecule has 15 rings (SSSR count). The Morgan fingerprint density at radius 1 is 0.619 bits per heavy atom. The number of halogens is 2. The van der Waals surface area contributed by atoms with Gasteiger partial charge in [0.25, 0.3) is 0 Å². The summed E-state index contributed by atoms with van der Waals surface area (Å²) in [7, 11) is 1.79. The predicted molar refractivity (Wildman–Crippen MR) is 316 cm³/mol. The van der Waals surface area contributed by atoms with Crippen LogP contribution in [0.2, 0.25) is 0 Å². The first kappa shape index (κ1) is 54.1. The van der Waals surface area contributed by atoms with Crippen LogP contribution >= 0.6 is 0 Å². The van der Waals surface area contributed by atoms with E-state index in [0.717, 1.165) is 125 Å². The van der Waals surface area contributed by atoms with Crippen LogP contribution in [-0.4, -0.2) is 163 Å². The van der Waals surface area contributed by atoms with Gasteiger partial charge in [0.15, 0.2) is 11.6 Å². The molecule has 3 N–H and O–H groups in total. The number of carbonyl (C=O) groups excluding carboxylic acids is 2. The van der Waals surface area contributed by atoms with Gasteiger partial charge in [0.05, 0.1) is 27.3 Å². The first-order valence-corrected chi connectivity index (χ1v) is 30.1. The van der Waals surface area contributed by atoms with Crippen LogP contribution < -0.4 is 24.6 Å². The average molecular weight is 1140 g/mol. The van der Waals surface area contributed by atoms with Crippen LogP contribution in [0.15, 0.2) is 67.0 Å². The van der Waals surface area contributed by atoms with E-state index < -0.39 is 11.6 Å². The topological polar surface area (TPSA) is 199 Å². The number of aromatic nitrogens is 6. The number of benzene rings is 3. The third-order valence-corrected chi connectivity index (χ3v) is 19.7. The zero-order valence-corrected chi connectivity index (χ0v) is 47.5. The second-order valence-electron chi connectivity index (χ2n) is 24.5. The van der Waals surface area contributed by atoms with Gasteiger partial charge in [-0.05, 0) is 156 Å². The number of pyridine rings is 2. The van der Waals surface area contributed by atoms with Gasteiger partial charge in [0.1, 0.15) is 58.8 Å². The fourth-order valence-corrected chi connectivity index (χ4v) is 15.1. The molecule has 20 heteroatoms. The summed E-state index contributed by atoms with van der Waals surface area (Å²) < 4.78 is 45.8. The van der Waals surface area contributed by atoms with Crippen LogP contribution in [0.3, 0.4) is 0 Å². The molecule has 11 heterocycles. The van der Waals surface area contributed by atoms with Gasteiger partial charge < -0.3 is 39.7 Å². The van der Waals surface area contributed by atoms with Gasteiger partial charge in [0, 0.05) is 76.3 Å². The number of fused-ring (bicyclic) bond motifs is 6. The molecule has 7 fully saturated rings. The highest BCUT2D eigenvalue weighted by Gasteiger charge is 2.48. The summed E-state index contributed by atoms with van der Waals surface area (Å²) in [4.78, 5) is 64.0. The van der Waals surface area contributed by atoms with Crippen LogP contribution in [0.25, 0.3) is 61.2 Å². The SMILES string of the molecule is CN1CCN(c2nc(OCC34CCCN3CCC4)nc3c(F)c(-c4cc(O)cc5ccccc45)ncc23)CCC1=O.O=C1NCCC12CCN(c1nc(OCC34CCCN3CCC4)nc3c(F)c(-c4cc(O)cc5c4C=CCC5)ncc13)CC2. The van der Waals surface area contributed by atoms with Crippen molar-refractivity contribution in [2.75, 3.05) is 95.5 Å². The molecule has 7 aliphatic heterocycles. The van der Waals surface area contributed by atoms with Crippen molar-refractivity contribution in [1.29, 1.82) is 0 Å². The Balaban J connectivity index is 0.000000150. The molecule has 4 aromatic heterocycles. The molecular formula is C64H70F2N12O6. The Labute approximate surface area is 485 Å². The van der Waals surface area contributed by atoms with Crippen LogP contribution in [0, 0.1) is 17.0 Å². The highest BCUT2D eigenvalue weighted by atomic mass is 19.1. The summed E-state index contributed by atoms with van der Waals surface area (Å²) in [5, 5.41) is 26.4. The second kappa shape index (κ2) is 21.7. The lowest BCUT2D eigenvalue weighted by Gasteiger charge is -2.38. The van der Waals surface area contributed by atoms with Crippen molar-refractivity contribution in [3.63, 3.8) is 0 Å². The number of phenolic OH excluding ortho intramolecular Hbond substituents is 2. The molecule has 0 unspecified atom stereocenters. The number of carbonyl (C=O) groups is 2. The first-order valence-electron chi connectivity index (χ1n) is 30.1. The lowest BCUT2D eigenvalue weighted by molar-refractivity contribution is -0.129. The van der Waals surface area contributed by atoms with Gasteiger partial charge in [0.2, 0.25) is 11.8 Å². The van der Waals surface area contributed by atoms with E-state index in [0.29, 0.717) is 98.7 Å². The zero-order chi connectivity index (χ0) is 57.3. The molecule has 7 saturated heterocycles. The number of amides is 2. The van der Waals surface area contributed by atoms with Crippen molar-refractivity contribution in [2.45, 2.75) is 101 Å². The molecule has 0 bridgehead atoms. The molecule has 18 nitrogen and oxygen atoms in total. The molecular weight excluding hydrogens is 1070 g/mol. The van der Waals surface area contributed by atoms with Crippen molar-refractivity contribution in [1.82, 2.24) is 49.9 Å². The maximum Gasteiger partial charge on any atom is 0.319 e. The lowest BCUT2D eigenvalue weighted by atomic mass is 9.77. The molecule has 8 aliphatic rings. The molecule has 1 spiro atoms. The van der Waals surface area contributed by atoms with E-state index in [1.54, 1.807) is 42.5 Å². The summed E-state index contributed by atoms with van der Waals surface area (Å²) in [5.41, 5.74) is 3.05. The van der Waals surface area contributed by atoms with Crippen molar-refractivity contribution < 1.29 is 38.1 Å². The third kappa shape index (κ3) is 9.62. The Morgan fingerprint density at radius 2 is 1.19 bits per heavy atom. The minimum absolute atomic E-state index is 0.000727. The quantitative estimate of drug-likeness (QED) is 0.117. The van der Waals surface area contributed by atoms with E-state index in [4.69, 9.17) is 19.4 Å². The fraction of sp³-hybridized carbons (Fsp3) is 0.469. The standard InChI is InChI=1S/C33H37FN6O3.C31H33FN6O3/c34-26-27(24-18-22(41)17-21-5-1-2-6-23(21)24)36-19-25-28(26)37-31(43-20-33-7-3-13-40(33)14-4-8-33)38-29(25)39-15-10-32(11-16-39)9-12-35-30(32)42;1-36-14-15-37(13-8-25(36)40)29-24-18-33-27(23-17-21(39)16-20-6-2-3-7-22(20)23)26(32)28(24)34-30(35-29)41-19-31-9-4-11-38(31)12-5-10-31/h2,6,17-19,41H,1,3-5,7-16,20H2,(H,35,42);2-3,6-7,16-18,39H,4-5,8-15,19H2,1H3. The number of rotatable bonds is 10. The lowest BCUT2D eigenvalue weighted by Crippen LogP contribution is -2.44. The molecule has 3 aromatic carbocycles. The second-order valence-corrected chi connectivity index (χ2v) is 24.5.